The number of aromatic nitrogens is 2. The Morgan fingerprint density at radius 3 is 2.61 bits per heavy atom. The fourth-order valence-corrected chi connectivity index (χ4v) is 5.42. The third-order valence-corrected chi connectivity index (χ3v) is 6.98. The number of nitrogens with one attached hydrogen (secondary N) is 2. The lowest BCUT2D eigenvalue weighted by Gasteiger charge is -2.56. The maximum absolute atomic E-state index is 13.8. The molecule has 33 heavy (non-hydrogen) atoms. The highest BCUT2D eigenvalue weighted by Gasteiger charge is 2.77. The molecule has 2 aromatic rings. The number of benzene rings is 1. The average Bonchev–Trinajstić information content (AvgIpc) is 3.48. The van der Waals surface area contributed by atoms with Gasteiger partial charge in [-0.15, -0.1) is 6.58 Å². The maximum atomic E-state index is 13.8. The molecule has 2 amide bonds. The number of rotatable bonds is 5. The maximum Gasteiger partial charge on any atom is 0.296 e. The van der Waals surface area contributed by atoms with Crippen LogP contribution in [0.15, 0.2) is 67.0 Å². The zero-order valence-corrected chi connectivity index (χ0v) is 18.9. The molecule has 0 bridgehead atoms. The summed E-state index contributed by atoms with van der Waals surface area (Å²) < 4.78 is 5.57. The molecule has 1 aromatic carbocycles. The third kappa shape index (κ3) is 2.32. The smallest absolute Gasteiger partial charge is 0.296 e. The molecule has 4 heterocycles. The number of imidazole rings is 1. The van der Waals surface area contributed by atoms with E-state index in [2.05, 4.69) is 21.9 Å². The van der Waals surface area contributed by atoms with Crippen LogP contribution in [0.3, 0.4) is 0 Å². The summed E-state index contributed by atoms with van der Waals surface area (Å²) in [4.78, 5) is 41.6. The first-order chi connectivity index (χ1) is 15.8. The first-order valence-electron chi connectivity index (χ1n) is 10.5. The van der Waals surface area contributed by atoms with E-state index in [0.717, 1.165) is 11.3 Å². The van der Waals surface area contributed by atoms with Crippen LogP contribution < -0.4 is 10.4 Å². The summed E-state index contributed by atoms with van der Waals surface area (Å²) >= 11 is 0. The highest BCUT2D eigenvalue weighted by Crippen LogP contribution is 2.65. The standard InChI is InChI=1S/C24H25N5O4/c1-6-22(2,3)23-12-19(32-4)21(31)28-18(11-15-13-25-14-26-15)20(30)27-24(23,28)29(33-5)17-10-8-7-9-16(17)23/h6-14H,1H2,2-5H3,(H,25,26)(H,27,30)/b18-11-/t23-,24-/m1/s1. The second kappa shape index (κ2) is 6.82. The average molecular weight is 447 g/mol. The normalized spacial score (nSPS) is 27.2. The van der Waals surface area contributed by atoms with E-state index in [9.17, 15) is 9.59 Å². The van der Waals surface area contributed by atoms with E-state index in [1.165, 1.54) is 25.4 Å². The number of carbonyl (C=O) groups excluding carboxylic acids is 2. The lowest BCUT2D eigenvalue weighted by molar-refractivity contribution is -0.145. The Hall–Kier alpha value is -3.85. The van der Waals surface area contributed by atoms with Gasteiger partial charge in [0.15, 0.2) is 5.76 Å². The predicted octanol–water partition coefficient (Wildman–Crippen LogP) is 2.44. The van der Waals surface area contributed by atoms with Crippen molar-refractivity contribution in [2.24, 2.45) is 5.41 Å². The van der Waals surface area contributed by atoms with Crippen LogP contribution in [0.4, 0.5) is 5.69 Å². The van der Waals surface area contributed by atoms with Gasteiger partial charge in [0.2, 0.25) is 5.79 Å². The van der Waals surface area contributed by atoms with Gasteiger partial charge in [-0.3, -0.25) is 19.3 Å². The molecule has 9 heteroatoms. The van der Waals surface area contributed by atoms with E-state index < -0.39 is 28.4 Å². The first-order valence-corrected chi connectivity index (χ1v) is 10.5. The first kappa shape index (κ1) is 21.0. The molecule has 0 aliphatic carbocycles. The number of aromatic amines is 1. The molecule has 2 N–H and O–H groups in total. The number of hydrogen-bond donors (Lipinski definition) is 2. The van der Waals surface area contributed by atoms with Gasteiger partial charge >= 0.3 is 0 Å². The van der Waals surface area contributed by atoms with Crippen molar-refractivity contribution in [2.45, 2.75) is 25.0 Å². The number of carbonyl (C=O) groups is 2. The molecular weight excluding hydrogens is 422 g/mol. The monoisotopic (exact) mass is 447 g/mol. The van der Waals surface area contributed by atoms with E-state index in [0.29, 0.717) is 5.69 Å². The summed E-state index contributed by atoms with van der Waals surface area (Å²) in [5.41, 5.74) is 0.636. The fourth-order valence-electron chi connectivity index (χ4n) is 5.42. The summed E-state index contributed by atoms with van der Waals surface area (Å²) in [6.45, 7) is 8.12. The van der Waals surface area contributed by atoms with Crippen LogP contribution in [-0.4, -0.2) is 46.7 Å². The van der Waals surface area contributed by atoms with Crippen molar-refractivity contribution in [1.82, 2.24) is 20.2 Å². The molecule has 0 radical (unpaired) electrons. The Morgan fingerprint density at radius 1 is 1.21 bits per heavy atom. The number of para-hydroxylation sites is 1. The number of H-pyrrole nitrogens is 1. The highest BCUT2D eigenvalue weighted by atomic mass is 16.7. The number of ether oxygens (including phenoxy) is 1. The Bertz CT molecular complexity index is 1230. The summed E-state index contributed by atoms with van der Waals surface area (Å²) in [6, 6.07) is 7.69. The van der Waals surface area contributed by atoms with Gasteiger partial charge in [-0.05, 0) is 23.8 Å². The van der Waals surface area contributed by atoms with Gasteiger partial charge in [-0.25, -0.2) is 10.0 Å². The quantitative estimate of drug-likeness (QED) is 0.540. The summed E-state index contributed by atoms with van der Waals surface area (Å²) in [5, 5.41) is 4.71. The van der Waals surface area contributed by atoms with Gasteiger partial charge in [0.05, 0.1) is 43.5 Å². The van der Waals surface area contributed by atoms with Crippen molar-refractivity contribution < 1.29 is 19.2 Å². The molecule has 1 spiro atoms. The number of methoxy groups -OCH3 is 1. The molecule has 2 atom stereocenters. The second-order valence-electron chi connectivity index (χ2n) is 8.74. The third-order valence-electron chi connectivity index (χ3n) is 6.98. The minimum atomic E-state index is -1.44. The van der Waals surface area contributed by atoms with Crippen molar-refractivity contribution in [3.05, 3.63) is 78.2 Å². The van der Waals surface area contributed by atoms with Crippen molar-refractivity contribution in [1.29, 1.82) is 0 Å². The molecular formula is C24H25N5O4. The number of hydroxylamine groups is 1. The van der Waals surface area contributed by atoms with Gasteiger partial charge < -0.3 is 15.0 Å². The van der Waals surface area contributed by atoms with Crippen LogP contribution in [0.5, 0.6) is 0 Å². The van der Waals surface area contributed by atoms with Crippen LogP contribution in [0, 0.1) is 5.41 Å². The predicted molar refractivity (Wildman–Crippen MR) is 121 cm³/mol. The number of anilines is 1. The van der Waals surface area contributed by atoms with E-state index in [4.69, 9.17) is 9.57 Å². The molecule has 0 saturated carbocycles. The SMILES string of the molecule is C=CC(C)(C)[C@]12C=C(OC)C(=O)N3/C(=C\c4cnc[nH]4)C(=O)N[C@@]31N(OC)c1ccccc12. The Kier molecular flexibility index (Phi) is 4.35. The van der Waals surface area contributed by atoms with Crippen molar-refractivity contribution >= 4 is 23.6 Å². The van der Waals surface area contributed by atoms with E-state index in [-0.39, 0.29) is 11.5 Å². The van der Waals surface area contributed by atoms with Crippen LogP contribution in [0.2, 0.25) is 0 Å². The van der Waals surface area contributed by atoms with Gasteiger partial charge in [-0.1, -0.05) is 38.1 Å². The van der Waals surface area contributed by atoms with Gasteiger partial charge in [0.25, 0.3) is 11.8 Å². The molecule has 9 nitrogen and oxygen atoms in total. The van der Waals surface area contributed by atoms with Crippen LogP contribution in [0.1, 0.15) is 25.1 Å². The molecule has 170 valence electrons. The Morgan fingerprint density at radius 2 is 1.97 bits per heavy atom. The van der Waals surface area contributed by atoms with Crippen LogP contribution in [-0.2, 0) is 24.6 Å². The second-order valence-corrected chi connectivity index (χ2v) is 8.74. The van der Waals surface area contributed by atoms with Crippen LogP contribution in [0.25, 0.3) is 6.08 Å². The number of hydrogen-bond acceptors (Lipinski definition) is 6. The van der Waals surface area contributed by atoms with E-state index >= 15 is 0 Å². The number of nitrogens with zero attached hydrogens (tertiary/aromatic N) is 3. The summed E-state index contributed by atoms with van der Waals surface area (Å²) in [5.74, 6) is -2.21. The Labute approximate surface area is 191 Å². The molecule has 1 saturated heterocycles. The zero-order chi connectivity index (χ0) is 23.6. The van der Waals surface area contributed by atoms with E-state index in [1.807, 2.05) is 44.2 Å². The van der Waals surface area contributed by atoms with E-state index in [1.54, 1.807) is 23.4 Å². The van der Waals surface area contributed by atoms with Crippen molar-refractivity contribution in [2.75, 3.05) is 19.3 Å². The number of fused-ring (bicyclic) bond motifs is 2. The molecule has 1 fully saturated rings. The van der Waals surface area contributed by atoms with Crippen molar-refractivity contribution in [3.63, 3.8) is 0 Å². The molecule has 5 rings (SSSR count). The Balaban J connectivity index is 1.92. The number of amides is 2. The van der Waals surface area contributed by atoms with Crippen LogP contribution >= 0.6 is 0 Å². The van der Waals surface area contributed by atoms with Gasteiger partial charge in [-0.2, -0.15) is 0 Å². The molecule has 3 aliphatic rings. The number of allylic oxidation sites excluding steroid dienone is 1. The lowest BCUT2D eigenvalue weighted by atomic mass is 9.57. The molecule has 3 aliphatic heterocycles. The highest BCUT2D eigenvalue weighted by molar-refractivity contribution is 6.10. The summed E-state index contributed by atoms with van der Waals surface area (Å²) in [6.07, 6.45) is 8.29. The van der Waals surface area contributed by atoms with Crippen molar-refractivity contribution in [3.8, 4) is 0 Å². The topological polar surface area (TPSA) is 99.8 Å². The molecule has 0 unspecified atom stereocenters. The summed E-state index contributed by atoms with van der Waals surface area (Å²) in [7, 11) is 2.97. The minimum absolute atomic E-state index is 0.125. The minimum Gasteiger partial charge on any atom is -0.491 e. The lowest BCUT2D eigenvalue weighted by Crippen LogP contribution is -2.76. The largest absolute Gasteiger partial charge is 0.491 e. The fraction of sp³-hybridized carbons (Fsp3) is 0.292. The van der Waals surface area contributed by atoms with Gasteiger partial charge in [0.1, 0.15) is 5.70 Å². The molecule has 1 aromatic heterocycles. The zero-order valence-electron chi connectivity index (χ0n) is 18.9. The van der Waals surface area contributed by atoms with Gasteiger partial charge in [0, 0.05) is 5.41 Å².